The lowest BCUT2D eigenvalue weighted by Gasteiger charge is -2.34. The Kier molecular flexibility index (Phi) is 7.82. The van der Waals surface area contributed by atoms with Crippen LogP contribution in [0.3, 0.4) is 0 Å². The van der Waals surface area contributed by atoms with Crippen LogP contribution in [0.15, 0.2) is 0 Å². The number of nitrogens with two attached hydrogens (primary N) is 1. The summed E-state index contributed by atoms with van der Waals surface area (Å²) in [5, 5.41) is 0. The van der Waals surface area contributed by atoms with E-state index in [-0.39, 0.29) is 0 Å². The number of nitrogens with zero attached hydrogens (tertiary/aromatic N) is 1. The zero-order valence-electron chi connectivity index (χ0n) is 11.7. The third-order valence-electron chi connectivity index (χ3n) is 4.07. The van der Waals surface area contributed by atoms with E-state index in [9.17, 15) is 0 Å². The van der Waals surface area contributed by atoms with E-state index in [0.29, 0.717) is 0 Å². The lowest BCUT2D eigenvalue weighted by Crippen LogP contribution is -2.38. The summed E-state index contributed by atoms with van der Waals surface area (Å²) in [5.74, 6) is 1.57. The molecule has 0 saturated heterocycles. The molecule has 1 aliphatic carbocycles. The summed E-state index contributed by atoms with van der Waals surface area (Å²) in [6.45, 7) is 10.3. The molecule has 0 aromatic heterocycles. The molecule has 2 atom stereocenters. The number of ether oxygens (including phenoxy) is 1. The Morgan fingerprint density at radius 1 is 1.18 bits per heavy atom. The number of hydrogen-bond donors (Lipinski definition) is 1. The molecule has 0 radical (unpaired) electrons. The van der Waals surface area contributed by atoms with Crippen LogP contribution in [-0.2, 0) is 4.74 Å². The SMILES string of the molecule is CCOCCN(CC)CC1CCCCC1CN. The maximum atomic E-state index is 5.89. The normalized spacial score (nSPS) is 25.4. The topological polar surface area (TPSA) is 38.5 Å². The van der Waals surface area contributed by atoms with Crippen molar-refractivity contribution < 1.29 is 4.74 Å². The first-order valence-electron chi connectivity index (χ1n) is 7.31. The van der Waals surface area contributed by atoms with Crippen LogP contribution in [0.25, 0.3) is 0 Å². The predicted molar refractivity (Wildman–Crippen MR) is 73.1 cm³/mol. The molecule has 0 spiro atoms. The van der Waals surface area contributed by atoms with Crippen molar-refractivity contribution in [1.82, 2.24) is 4.90 Å². The number of rotatable bonds is 8. The van der Waals surface area contributed by atoms with Gasteiger partial charge in [0.2, 0.25) is 0 Å². The molecule has 1 fully saturated rings. The van der Waals surface area contributed by atoms with Crippen molar-refractivity contribution >= 4 is 0 Å². The summed E-state index contributed by atoms with van der Waals surface area (Å²) in [4.78, 5) is 2.52. The average Bonchev–Trinajstić information content (AvgIpc) is 2.38. The van der Waals surface area contributed by atoms with Gasteiger partial charge in [0.1, 0.15) is 0 Å². The molecule has 2 N–H and O–H groups in total. The summed E-state index contributed by atoms with van der Waals surface area (Å²) in [7, 11) is 0. The highest BCUT2D eigenvalue weighted by atomic mass is 16.5. The molecule has 0 aliphatic heterocycles. The minimum atomic E-state index is 0.755. The van der Waals surface area contributed by atoms with Crippen LogP contribution in [0.4, 0.5) is 0 Å². The van der Waals surface area contributed by atoms with Crippen LogP contribution < -0.4 is 5.73 Å². The van der Waals surface area contributed by atoms with Crippen LogP contribution in [0.5, 0.6) is 0 Å². The minimum Gasteiger partial charge on any atom is -0.380 e. The van der Waals surface area contributed by atoms with Crippen molar-refractivity contribution in [3.63, 3.8) is 0 Å². The highest BCUT2D eigenvalue weighted by Crippen LogP contribution is 2.29. The van der Waals surface area contributed by atoms with E-state index in [2.05, 4.69) is 18.7 Å². The number of likely N-dealkylation sites (N-methyl/N-ethyl adjacent to an activating group) is 1. The van der Waals surface area contributed by atoms with Crippen molar-refractivity contribution in [2.45, 2.75) is 39.5 Å². The van der Waals surface area contributed by atoms with E-state index >= 15 is 0 Å². The standard InChI is InChI=1S/C14H30N2O/c1-3-16(9-10-17-4-2)12-14-8-6-5-7-13(14)11-15/h13-14H,3-12,15H2,1-2H3. The van der Waals surface area contributed by atoms with E-state index in [1.165, 1.54) is 32.2 Å². The van der Waals surface area contributed by atoms with Gasteiger partial charge in [-0.15, -0.1) is 0 Å². The molecule has 1 rings (SSSR count). The van der Waals surface area contributed by atoms with Gasteiger partial charge in [0.25, 0.3) is 0 Å². The Labute approximate surface area is 107 Å². The quantitative estimate of drug-likeness (QED) is 0.663. The third kappa shape index (κ3) is 5.36. The molecule has 2 unspecified atom stereocenters. The lowest BCUT2D eigenvalue weighted by molar-refractivity contribution is 0.0948. The van der Waals surface area contributed by atoms with Gasteiger partial charge in [-0.05, 0) is 44.7 Å². The molecule has 102 valence electrons. The van der Waals surface area contributed by atoms with E-state index in [4.69, 9.17) is 10.5 Å². The van der Waals surface area contributed by atoms with Crippen molar-refractivity contribution in [2.24, 2.45) is 17.6 Å². The summed E-state index contributed by atoms with van der Waals surface area (Å²) < 4.78 is 5.44. The van der Waals surface area contributed by atoms with E-state index in [1.807, 2.05) is 0 Å². The Morgan fingerprint density at radius 3 is 2.47 bits per heavy atom. The molecule has 1 aliphatic rings. The molecule has 17 heavy (non-hydrogen) atoms. The van der Waals surface area contributed by atoms with Gasteiger partial charge in [-0.3, -0.25) is 0 Å². The maximum absolute atomic E-state index is 5.89. The van der Waals surface area contributed by atoms with Crippen LogP contribution in [0.2, 0.25) is 0 Å². The highest BCUT2D eigenvalue weighted by Gasteiger charge is 2.25. The molecule has 0 aromatic carbocycles. The maximum Gasteiger partial charge on any atom is 0.0593 e. The zero-order chi connectivity index (χ0) is 12.5. The summed E-state index contributed by atoms with van der Waals surface area (Å²) >= 11 is 0. The van der Waals surface area contributed by atoms with Gasteiger partial charge in [0, 0.05) is 19.7 Å². The molecule has 3 heteroatoms. The molecule has 0 amide bonds. The van der Waals surface area contributed by atoms with Crippen molar-refractivity contribution in [3.05, 3.63) is 0 Å². The molecular formula is C14H30N2O. The Hall–Kier alpha value is -0.120. The minimum absolute atomic E-state index is 0.755. The second kappa shape index (κ2) is 8.90. The fourth-order valence-corrected chi connectivity index (χ4v) is 2.88. The fraction of sp³-hybridized carbons (Fsp3) is 1.00. The Bertz CT molecular complexity index is 187. The second-order valence-corrected chi connectivity index (χ2v) is 5.13. The summed E-state index contributed by atoms with van der Waals surface area (Å²) in [6, 6.07) is 0. The first kappa shape index (κ1) is 14.9. The Balaban J connectivity index is 2.31. The largest absolute Gasteiger partial charge is 0.380 e. The van der Waals surface area contributed by atoms with Crippen LogP contribution in [0.1, 0.15) is 39.5 Å². The van der Waals surface area contributed by atoms with Crippen LogP contribution in [0, 0.1) is 11.8 Å². The molecule has 1 saturated carbocycles. The monoisotopic (exact) mass is 242 g/mol. The lowest BCUT2D eigenvalue weighted by atomic mass is 9.79. The van der Waals surface area contributed by atoms with Gasteiger partial charge in [0.15, 0.2) is 0 Å². The molecule has 0 heterocycles. The van der Waals surface area contributed by atoms with E-state index < -0.39 is 0 Å². The van der Waals surface area contributed by atoms with E-state index in [1.54, 1.807) is 0 Å². The molecular weight excluding hydrogens is 212 g/mol. The van der Waals surface area contributed by atoms with Gasteiger partial charge in [-0.2, -0.15) is 0 Å². The molecule has 0 bridgehead atoms. The van der Waals surface area contributed by atoms with Crippen molar-refractivity contribution in [2.75, 3.05) is 39.4 Å². The first-order valence-corrected chi connectivity index (χ1v) is 7.31. The van der Waals surface area contributed by atoms with Gasteiger partial charge in [-0.25, -0.2) is 0 Å². The van der Waals surface area contributed by atoms with Crippen molar-refractivity contribution in [1.29, 1.82) is 0 Å². The zero-order valence-corrected chi connectivity index (χ0v) is 11.7. The van der Waals surface area contributed by atoms with Crippen LogP contribution in [-0.4, -0.2) is 44.3 Å². The number of hydrogen-bond acceptors (Lipinski definition) is 3. The molecule has 3 nitrogen and oxygen atoms in total. The smallest absolute Gasteiger partial charge is 0.0593 e. The fourth-order valence-electron chi connectivity index (χ4n) is 2.88. The summed E-state index contributed by atoms with van der Waals surface area (Å²) in [5.41, 5.74) is 5.89. The Morgan fingerprint density at radius 2 is 1.88 bits per heavy atom. The van der Waals surface area contributed by atoms with Gasteiger partial charge in [-0.1, -0.05) is 19.8 Å². The summed E-state index contributed by atoms with van der Waals surface area (Å²) in [6.07, 6.45) is 5.48. The third-order valence-corrected chi connectivity index (χ3v) is 4.07. The van der Waals surface area contributed by atoms with Crippen molar-refractivity contribution in [3.8, 4) is 0 Å². The van der Waals surface area contributed by atoms with Gasteiger partial charge >= 0.3 is 0 Å². The predicted octanol–water partition coefficient (Wildman–Crippen LogP) is 2.11. The van der Waals surface area contributed by atoms with E-state index in [0.717, 1.165) is 44.7 Å². The highest BCUT2D eigenvalue weighted by molar-refractivity contribution is 4.78. The van der Waals surface area contributed by atoms with Gasteiger partial charge < -0.3 is 15.4 Å². The van der Waals surface area contributed by atoms with Gasteiger partial charge in [0.05, 0.1) is 6.61 Å². The second-order valence-electron chi connectivity index (χ2n) is 5.13. The first-order chi connectivity index (χ1) is 8.31. The van der Waals surface area contributed by atoms with Crippen LogP contribution >= 0.6 is 0 Å². The average molecular weight is 242 g/mol. The molecule has 0 aromatic rings.